The first-order chi connectivity index (χ1) is 7.56. The topological polar surface area (TPSA) is 46.2 Å². The lowest BCUT2D eigenvalue weighted by atomic mass is 10.0. The van der Waals surface area contributed by atoms with Crippen molar-refractivity contribution < 1.29 is 9.50 Å². The molecule has 0 atom stereocenters. The van der Waals surface area contributed by atoms with Crippen molar-refractivity contribution in [1.29, 1.82) is 0 Å². The second-order valence-corrected chi connectivity index (χ2v) is 3.87. The number of anilines is 1. The van der Waals surface area contributed by atoms with Crippen LogP contribution in [0.25, 0.3) is 11.1 Å². The second-order valence-electron chi connectivity index (χ2n) is 3.43. The molecule has 0 aromatic heterocycles. The van der Waals surface area contributed by atoms with Crippen LogP contribution in [-0.4, -0.2) is 5.11 Å². The van der Waals surface area contributed by atoms with Crippen molar-refractivity contribution in [2.75, 3.05) is 5.73 Å². The summed E-state index contributed by atoms with van der Waals surface area (Å²) >= 11 is 5.74. The fourth-order valence-electron chi connectivity index (χ4n) is 1.44. The van der Waals surface area contributed by atoms with E-state index < -0.39 is 5.82 Å². The Morgan fingerprint density at radius 2 is 1.81 bits per heavy atom. The van der Waals surface area contributed by atoms with Gasteiger partial charge in [-0.15, -0.1) is 0 Å². The zero-order valence-electron chi connectivity index (χ0n) is 8.24. The molecule has 0 fully saturated rings. The van der Waals surface area contributed by atoms with Gasteiger partial charge >= 0.3 is 0 Å². The number of phenolic OH excluding ortho intramolecular Hbond substituents is 1. The molecule has 0 spiro atoms. The Kier molecular flexibility index (Phi) is 2.71. The molecule has 82 valence electrons. The van der Waals surface area contributed by atoms with Gasteiger partial charge in [-0.1, -0.05) is 17.7 Å². The van der Waals surface area contributed by atoms with E-state index >= 15 is 0 Å². The highest BCUT2D eigenvalue weighted by Gasteiger charge is 2.04. The standard InChI is InChI=1S/C12H9ClFNO/c13-9-3-8(4-10(14)6-9)7-1-2-11(15)12(16)5-7/h1-6,16H,15H2. The van der Waals surface area contributed by atoms with Gasteiger partial charge in [0.15, 0.2) is 0 Å². The van der Waals surface area contributed by atoms with Gasteiger partial charge in [0.1, 0.15) is 11.6 Å². The van der Waals surface area contributed by atoms with Crippen molar-refractivity contribution in [2.45, 2.75) is 0 Å². The van der Waals surface area contributed by atoms with Crippen molar-refractivity contribution in [2.24, 2.45) is 0 Å². The molecule has 0 aliphatic rings. The average Bonchev–Trinajstić information content (AvgIpc) is 2.20. The predicted octanol–water partition coefficient (Wildman–Crippen LogP) is 3.43. The zero-order chi connectivity index (χ0) is 11.7. The van der Waals surface area contributed by atoms with Crippen LogP contribution in [0, 0.1) is 5.82 Å². The number of aromatic hydroxyl groups is 1. The molecule has 2 aromatic rings. The molecule has 0 saturated heterocycles. The third-order valence-corrected chi connectivity index (χ3v) is 2.44. The molecule has 2 rings (SSSR count). The number of hydrogen-bond acceptors (Lipinski definition) is 2. The van der Waals surface area contributed by atoms with Gasteiger partial charge in [0.2, 0.25) is 0 Å². The van der Waals surface area contributed by atoms with Crippen LogP contribution in [0.2, 0.25) is 5.02 Å². The van der Waals surface area contributed by atoms with Gasteiger partial charge in [0.25, 0.3) is 0 Å². The van der Waals surface area contributed by atoms with Gasteiger partial charge in [-0.25, -0.2) is 4.39 Å². The summed E-state index contributed by atoms with van der Waals surface area (Å²) in [4.78, 5) is 0. The summed E-state index contributed by atoms with van der Waals surface area (Å²) in [5.41, 5.74) is 7.02. The van der Waals surface area contributed by atoms with E-state index in [9.17, 15) is 9.50 Å². The van der Waals surface area contributed by atoms with Crippen molar-refractivity contribution in [3.05, 3.63) is 47.2 Å². The highest BCUT2D eigenvalue weighted by atomic mass is 35.5. The molecule has 0 radical (unpaired) electrons. The van der Waals surface area contributed by atoms with Gasteiger partial charge in [-0.3, -0.25) is 0 Å². The molecule has 0 aliphatic heterocycles. The molecule has 0 aliphatic carbocycles. The Bertz CT molecular complexity index is 522. The van der Waals surface area contributed by atoms with Crippen LogP contribution in [0.5, 0.6) is 5.75 Å². The van der Waals surface area contributed by atoms with Crippen LogP contribution in [0.1, 0.15) is 0 Å². The summed E-state index contributed by atoms with van der Waals surface area (Å²) in [5.74, 6) is -0.448. The average molecular weight is 238 g/mol. The SMILES string of the molecule is Nc1ccc(-c2cc(F)cc(Cl)c2)cc1O. The lowest BCUT2D eigenvalue weighted by Gasteiger charge is -2.05. The smallest absolute Gasteiger partial charge is 0.139 e. The Morgan fingerprint density at radius 1 is 1.06 bits per heavy atom. The molecular formula is C12H9ClFNO. The molecule has 2 aromatic carbocycles. The Morgan fingerprint density at radius 3 is 2.44 bits per heavy atom. The molecule has 0 bridgehead atoms. The van der Waals surface area contributed by atoms with E-state index in [1.807, 2.05) is 0 Å². The van der Waals surface area contributed by atoms with Crippen LogP contribution in [0.15, 0.2) is 36.4 Å². The van der Waals surface area contributed by atoms with Crippen LogP contribution in [-0.2, 0) is 0 Å². The lowest BCUT2D eigenvalue weighted by Crippen LogP contribution is -1.86. The Labute approximate surface area is 97.1 Å². The third-order valence-electron chi connectivity index (χ3n) is 2.23. The molecule has 0 unspecified atom stereocenters. The molecule has 0 amide bonds. The predicted molar refractivity (Wildman–Crippen MR) is 62.9 cm³/mol. The van der Waals surface area contributed by atoms with E-state index in [2.05, 4.69) is 0 Å². The molecule has 0 heterocycles. The summed E-state index contributed by atoms with van der Waals surface area (Å²) in [6.07, 6.45) is 0. The van der Waals surface area contributed by atoms with E-state index in [1.165, 1.54) is 18.2 Å². The lowest BCUT2D eigenvalue weighted by molar-refractivity contribution is 0.478. The quantitative estimate of drug-likeness (QED) is 0.590. The van der Waals surface area contributed by atoms with Crippen LogP contribution >= 0.6 is 11.6 Å². The summed E-state index contributed by atoms with van der Waals surface area (Å²) in [6.45, 7) is 0. The monoisotopic (exact) mass is 237 g/mol. The first-order valence-electron chi connectivity index (χ1n) is 4.61. The van der Waals surface area contributed by atoms with Crippen LogP contribution in [0.3, 0.4) is 0 Å². The number of nitrogen functional groups attached to an aromatic ring is 1. The van der Waals surface area contributed by atoms with Crippen LogP contribution < -0.4 is 5.73 Å². The van der Waals surface area contributed by atoms with E-state index in [0.717, 1.165) is 0 Å². The minimum absolute atomic E-state index is 0.0297. The molecule has 16 heavy (non-hydrogen) atoms. The summed E-state index contributed by atoms with van der Waals surface area (Å²) in [5, 5.41) is 9.76. The molecular weight excluding hydrogens is 229 g/mol. The number of halogens is 2. The normalized spacial score (nSPS) is 10.4. The van der Waals surface area contributed by atoms with Gasteiger partial charge in [-0.2, -0.15) is 0 Å². The van der Waals surface area contributed by atoms with Gasteiger partial charge in [-0.05, 0) is 41.5 Å². The van der Waals surface area contributed by atoms with E-state index in [-0.39, 0.29) is 11.4 Å². The molecule has 2 nitrogen and oxygen atoms in total. The summed E-state index contributed by atoms with van der Waals surface area (Å²) in [7, 11) is 0. The third kappa shape index (κ3) is 2.09. The largest absolute Gasteiger partial charge is 0.506 e. The van der Waals surface area contributed by atoms with E-state index in [1.54, 1.807) is 18.2 Å². The highest BCUT2D eigenvalue weighted by molar-refractivity contribution is 6.30. The number of hydrogen-bond donors (Lipinski definition) is 2. The van der Waals surface area contributed by atoms with Gasteiger partial charge in [0.05, 0.1) is 5.69 Å². The number of phenols is 1. The van der Waals surface area contributed by atoms with Crippen molar-refractivity contribution in [1.82, 2.24) is 0 Å². The fourth-order valence-corrected chi connectivity index (χ4v) is 1.67. The minimum atomic E-state index is -0.418. The summed E-state index contributed by atoms with van der Waals surface area (Å²) < 4.78 is 13.1. The highest BCUT2D eigenvalue weighted by Crippen LogP contribution is 2.29. The second kappa shape index (κ2) is 4.02. The number of nitrogens with two attached hydrogens (primary N) is 1. The minimum Gasteiger partial charge on any atom is -0.506 e. The maximum Gasteiger partial charge on any atom is 0.139 e. The van der Waals surface area contributed by atoms with E-state index in [0.29, 0.717) is 16.1 Å². The van der Waals surface area contributed by atoms with Gasteiger partial charge in [0, 0.05) is 5.02 Å². The fraction of sp³-hybridized carbons (Fsp3) is 0. The molecule has 4 heteroatoms. The van der Waals surface area contributed by atoms with Crippen LogP contribution in [0.4, 0.5) is 10.1 Å². The number of benzene rings is 2. The molecule has 0 saturated carbocycles. The first kappa shape index (κ1) is 10.8. The maximum absolute atomic E-state index is 13.1. The van der Waals surface area contributed by atoms with Crippen molar-refractivity contribution in [3.63, 3.8) is 0 Å². The number of rotatable bonds is 1. The Hall–Kier alpha value is -1.74. The Balaban J connectivity index is 2.54. The van der Waals surface area contributed by atoms with Crippen molar-refractivity contribution in [3.8, 4) is 16.9 Å². The molecule has 3 N–H and O–H groups in total. The van der Waals surface area contributed by atoms with Crippen molar-refractivity contribution >= 4 is 17.3 Å². The zero-order valence-corrected chi connectivity index (χ0v) is 9.00. The van der Waals surface area contributed by atoms with Gasteiger partial charge < -0.3 is 10.8 Å². The maximum atomic E-state index is 13.1. The summed E-state index contributed by atoms with van der Waals surface area (Å²) in [6, 6.07) is 8.92. The first-order valence-corrected chi connectivity index (χ1v) is 4.99. The van der Waals surface area contributed by atoms with E-state index in [4.69, 9.17) is 17.3 Å².